The van der Waals surface area contributed by atoms with Crippen molar-refractivity contribution < 1.29 is 14.1 Å². The normalized spacial score (nSPS) is 11.2. The highest BCUT2D eigenvalue weighted by molar-refractivity contribution is 6.01. The second-order valence-electron chi connectivity index (χ2n) is 31.8. The Kier molecular flexibility index (Phi) is 31.9. The van der Waals surface area contributed by atoms with Crippen LogP contribution in [0.5, 0.6) is 0 Å². The maximum absolute atomic E-state index is 13.1. The van der Waals surface area contributed by atoms with E-state index in [9.17, 15) is 9.18 Å². The second-order valence-corrected chi connectivity index (χ2v) is 31.8. The average Bonchev–Trinajstić information content (AvgIpc) is 0.985. The summed E-state index contributed by atoms with van der Waals surface area (Å²) in [6.45, 7) is 23.0. The van der Waals surface area contributed by atoms with Gasteiger partial charge in [0.05, 0.1) is 23.4 Å². The molecule has 0 radical (unpaired) electrons. The molecule has 135 heavy (non-hydrogen) atoms. The number of nitrogens with two attached hydrogens (primary N) is 11. The fourth-order valence-corrected chi connectivity index (χ4v) is 13.9. The van der Waals surface area contributed by atoms with Crippen LogP contribution in [0.3, 0.4) is 0 Å². The van der Waals surface area contributed by atoms with Crippen molar-refractivity contribution in [3.63, 3.8) is 0 Å². The lowest BCUT2D eigenvalue weighted by molar-refractivity contribution is 0.125. The van der Waals surface area contributed by atoms with E-state index in [0.717, 1.165) is 125 Å². The first kappa shape index (κ1) is 96.1. The lowest BCUT2D eigenvalue weighted by Gasteiger charge is -2.13. The average molecular weight is 1800 g/mol. The van der Waals surface area contributed by atoms with Gasteiger partial charge in [0, 0.05) is 106 Å². The molecular formula is C102H104FN29O3. The van der Waals surface area contributed by atoms with Crippen LogP contribution in [0, 0.1) is 82.0 Å². The monoisotopic (exact) mass is 1800 g/mol. The Morgan fingerprint density at radius 2 is 0.741 bits per heavy atom. The molecule has 2 aliphatic rings. The molecule has 0 spiro atoms. The van der Waals surface area contributed by atoms with E-state index in [2.05, 4.69) is 128 Å². The summed E-state index contributed by atoms with van der Waals surface area (Å²) in [5, 5.41) is 49.7. The molecule has 11 aromatic carbocycles. The first-order chi connectivity index (χ1) is 64.8. The Hall–Kier alpha value is -18.0. The van der Waals surface area contributed by atoms with Gasteiger partial charge in [-0.3, -0.25) is 4.98 Å². The summed E-state index contributed by atoms with van der Waals surface area (Å²) in [4.78, 5) is 51.2. The summed E-state index contributed by atoms with van der Waals surface area (Å²) < 4.78 is 13.1. The van der Waals surface area contributed by atoms with Crippen molar-refractivity contribution in [3.8, 4) is 11.4 Å². The fraction of sp³-hybridized carbons (Fsp3) is 0.127. The third-order valence-electron chi connectivity index (χ3n) is 20.9. The second kappa shape index (κ2) is 44.8. The Bertz CT molecular complexity index is 7370. The van der Waals surface area contributed by atoms with Crippen molar-refractivity contribution in [1.82, 2.24) is 80.7 Å². The minimum Gasteiger partial charge on any atom is -0.389 e. The predicted octanol–water partition coefficient (Wildman–Crippen LogP) is 17.1. The number of nitrogens with zero attached hydrogens (tertiary/aromatic N) is 16. The maximum atomic E-state index is 13.1. The van der Waals surface area contributed by atoms with Gasteiger partial charge in [-0.15, -0.1) is 20.4 Å². The zero-order chi connectivity index (χ0) is 96.5. The fourth-order valence-electron chi connectivity index (χ4n) is 13.9. The number of hydrogen-bond acceptors (Lipinski definition) is 30. The van der Waals surface area contributed by atoms with Crippen LogP contribution in [0.15, 0.2) is 277 Å². The smallest absolute Gasteiger partial charge is 0.340 e. The number of nitrogen functional groups attached to an aromatic ring is 9. The largest absolute Gasteiger partial charge is 0.389 e. The van der Waals surface area contributed by atoms with Crippen LogP contribution in [0.1, 0.15) is 83.5 Å². The van der Waals surface area contributed by atoms with E-state index in [1.54, 1.807) is 50.0 Å². The SMILES string of the molecule is Cc1cc2c(N)nccc2cc1F.Cc1ccc2c(N)nccc2c1.Cc1ccc2c(N)ncnc2c1.Cc1ccc2c(N)nnc(N)c2c1.Cc1ccc2c(N)nncc2c1.Cc1ccc2c(c1)C(N)=NOC2.Cc1ccc2c(c1)CON=C2N.Cc1ccc2ccnc(N)c2c1.Cc1ccc2cnnc(N)c2c1.Cc1ccc2ncnc(N)c2c1.Cc1cccc(-c2n[nH]c(=O)[nH]2)c1. The van der Waals surface area contributed by atoms with Crippen LogP contribution >= 0.6 is 0 Å². The molecule has 0 atom stereocenters. The molecule has 24 N–H and O–H groups in total. The van der Waals surface area contributed by atoms with Crippen LogP contribution < -0.4 is 68.8 Å². The number of nitrogens with one attached hydrogen (secondary N) is 2. The van der Waals surface area contributed by atoms with Crippen molar-refractivity contribution >= 4 is 150 Å². The highest BCUT2D eigenvalue weighted by Gasteiger charge is 2.15. The van der Waals surface area contributed by atoms with E-state index in [1.165, 1.54) is 63.2 Å². The summed E-state index contributed by atoms with van der Waals surface area (Å²) in [7, 11) is 0. The number of pyridine rings is 3. The maximum Gasteiger partial charge on any atom is 0.340 e. The highest BCUT2D eigenvalue weighted by Crippen LogP contribution is 2.29. The molecule has 22 rings (SSSR count). The minimum absolute atomic E-state index is 0.210. The molecule has 0 fully saturated rings. The van der Waals surface area contributed by atoms with Gasteiger partial charge in [0.2, 0.25) is 0 Å². The van der Waals surface area contributed by atoms with E-state index >= 15 is 0 Å². The summed E-state index contributed by atoms with van der Waals surface area (Å²) in [6.07, 6.45) is 11.4. The Morgan fingerprint density at radius 3 is 1.37 bits per heavy atom. The number of amidine groups is 2. The molecule has 9 aromatic heterocycles. The van der Waals surface area contributed by atoms with Crippen molar-refractivity contribution in [2.45, 2.75) is 89.4 Å². The quantitative estimate of drug-likeness (QED) is 0.0726. The van der Waals surface area contributed by atoms with Gasteiger partial charge >= 0.3 is 5.69 Å². The van der Waals surface area contributed by atoms with Gasteiger partial charge in [-0.2, -0.15) is 15.3 Å². The van der Waals surface area contributed by atoms with Crippen molar-refractivity contribution in [3.05, 3.63) is 362 Å². The van der Waals surface area contributed by atoms with E-state index in [1.807, 2.05) is 232 Å². The van der Waals surface area contributed by atoms with Crippen LogP contribution in [0.2, 0.25) is 0 Å². The minimum atomic E-state index is -0.281. The molecule has 0 unspecified atom stereocenters. The summed E-state index contributed by atoms with van der Waals surface area (Å²) in [5.74, 6) is 5.89. The molecule has 0 bridgehead atoms. The van der Waals surface area contributed by atoms with Crippen molar-refractivity contribution in [1.29, 1.82) is 0 Å². The molecule has 682 valence electrons. The molecule has 0 amide bonds. The van der Waals surface area contributed by atoms with Crippen LogP contribution in [-0.4, -0.2) is 92.3 Å². The lowest BCUT2D eigenvalue weighted by atomic mass is 10.0. The molecule has 2 aliphatic heterocycles. The zero-order valence-corrected chi connectivity index (χ0v) is 76.3. The van der Waals surface area contributed by atoms with E-state index in [4.69, 9.17) is 72.7 Å². The first-order valence-corrected chi connectivity index (χ1v) is 42.3. The van der Waals surface area contributed by atoms with Gasteiger partial charge in [-0.1, -0.05) is 188 Å². The lowest BCUT2D eigenvalue weighted by Crippen LogP contribution is -2.20. The number of fused-ring (bicyclic) bond motifs is 10. The van der Waals surface area contributed by atoms with Crippen molar-refractivity contribution in [2.24, 2.45) is 21.8 Å². The van der Waals surface area contributed by atoms with Gasteiger partial charge in [0.1, 0.15) is 60.8 Å². The standard InChI is InChI=1S/C10H9FN2.2C10H10N2.C9H10N4.C9H9N3O.4C9H9N3.2C9H10N2O/c1-6-4-8-7(5-9(6)11)2-3-13-10(8)12;1-7-2-3-9-8(6-7)4-5-12-10(9)11;1-7-2-3-8-4-5-12-10(11)9(8)6-7;1-5-2-3-6-7(4-5)9(11)13-12-8(6)10;1-6-3-2-4-7(5-6)8-10-9(13)12-11-8;1-6-2-3-8-7(4-6)9(10)12-5-11-8;1-6-2-3-8-7(4-6)5-11-12-9(8)10;1-6-2-3-7-8(4-6)11-5-12-9(7)10;1-6-2-3-7-5-11-12-9(10)8(7)4-6;1-6-2-3-8-7(4-6)5-12-11-9(8)10;1-6-2-3-7-5-12-11-9(10)8(7)4-6/h2-5H,1H3,(H2,12,13);2*2-6H,1H3,(H2,11,12);2-4H,1H3,(H2,10,12)(H2,11,13);2-5H,1H3,(H2,10,11,12,13);2-5H,1H3,(H2,10,11,12);2-5H,1H3,(H2,10,12);2-5H,1H3,(H2,10,11,12);2-5H,1H3,(H2,10,12);2*2-4H,5H2,1H3,(H2,10,11). The highest BCUT2D eigenvalue weighted by atomic mass is 19.1. The molecule has 20 aromatic rings. The van der Waals surface area contributed by atoms with Gasteiger partial charge in [-0.25, -0.2) is 49.2 Å². The van der Waals surface area contributed by atoms with Gasteiger partial charge in [-0.05, 0) is 194 Å². The molecule has 0 saturated carbocycles. The topological polar surface area (TPSA) is 559 Å². The number of rotatable bonds is 1. The number of aromatic nitrogens is 16. The molecule has 0 saturated heterocycles. The first-order valence-electron chi connectivity index (χ1n) is 42.3. The number of hydrogen-bond donors (Lipinski definition) is 13. The summed E-state index contributed by atoms with van der Waals surface area (Å²) in [6, 6.07) is 70.9. The van der Waals surface area contributed by atoms with Gasteiger partial charge in [0.25, 0.3) is 0 Å². The summed E-state index contributed by atoms with van der Waals surface area (Å²) >= 11 is 0. The number of benzene rings is 11. The number of halogens is 1. The molecule has 0 aliphatic carbocycles. The molecule has 33 heteroatoms. The van der Waals surface area contributed by atoms with Crippen LogP contribution in [0.25, 0.3) is 97.8 Å². The third kappa shape index (κ3) is 25.9. The predicted molar refractivity (Wildman–Crippen MR) is 543 cm³/mol. The van der Waals surface area contributed by atoms with Crippen molar-refractivity contribution in [2.75, 3.05) is 51.6 Å². The number of anilines is 9. The van der Waals surface area contributed by atoms with E-state index in [0.29, 0.717) is 88.6 Å². The Labute approximate surface area is 776 Å². The molecule has 11 heterocycles. The molecule has 32 nitrogen and oxygen atoms in total. The third-order valence-corrected chi connectivity index (χ3v) is 20.9. The number of H-pyrrole nitrogens is 2. The number of oxime groups is 2. The number of aryl methyl sites for hydroxylation is 11. The Balaban J connectivity index is 0.000000134. The van der Waals surface area contributed by atoms with E-state index < -0.39 is 0 Å². The van der Waals surface area contributed by atoms with Crippen LogP contribution in [0.4, 0.5) is 56.8 Å². The van der Waals surface area contributed by atoms with Gasteiger partial charge < -0.3 is 72.7 Å². The molecular weight excluding hydrogens is 1700 g/mol. The number of aromatic amines is 2. The van der Waals surface area contributed by atoms with E-state index in [-0.39, 0.29) is 11.5 Å². The summed E-state index contributed by atoms with van der Waals surface area (Å²) in [5.41, 5.74) is 81.3. The Morgan fingerprint density at radius 1 is 0.311 bits per heavy atom. The zero-order valence-electron chi connectivity index (χ0n) is 76.3. The van der Waals surface area contributed by atoms with Gasteiger partial charge in [0.15, 0.2) is 40.8 Å². The van der Waals surface area contributed by atoms with Crippen LogP contribution in [-0.2, 0) is 22.9 Å².